The normalized spacial score (nSPS) is 16.9. The molecule has 0 unspecified atom stereocenters. The van der Waals surface area contributed by atoms with Gasteiger partial charge in [0.2, 0.25) is 0 Å². The molecule has 1 fully saturated rings. The summed E-state index contributed by atoms with van der Waals surface area (Å²) in [5.41, 5.74) is 1.93. The topological polar surface area (TPSA) is 23.6 Å². The van der Waals surface area contributed by atoms with Gasteiger partial charge in [0, 0.05) is 25.2 Å². The van der Waals surface area contributed by atoms with Crippen molar-refractivity contribution in [3.8, 4) is 0 Å². The number of carbonyl (C=O) groups excluding carboxylic acids is 1. The van der Waals surface area contributed by atoms with Crippen LogP contribution in [0, 0.1) is 12.8 Å². The Kier molecular flexibility index (Phi) is 4.81. The SMILES string of the molecule is Cc1cccc(C(=O)N(C)[C@H](CN2CCC2)C(C)C)c1. The van der Waals surface area contributed by atoms with E-state index in [1.807, 2.05) is 43.1 Å². The van der Waals surface area contributed by atoms with E-state index in [0.29, 0.717) is 5.92 Å². The molecule has 1 atom stereocenters. The second-order valence-electron chi connectivity index (χ2n) is 6.25. The number of aryl methyl sites for hydroxylation is 1. The molecule has 110 valence electrons. The average Bonchev–Trinajstić information content (AvgIpc) is 2.35. The van der Waals surface area contributed by atoms with Crippen LogP contribution in [0.2, 0.25) is 0 Å². The van der Waals surface area contributed by atoms with Crippen molar-refractivity contribution >= 4 is 5.91 Å². The lowest BCUT2D eigenvalue weighted by atomic mass is 9.99. The van der Waals surface area contributed by atoms with Gasteiger partial charge in [-0.3, -0.25) is 4.79 Å². The molecule has 0 aromatic heterocycles. The van der Waals surface area contributed by atoms with E-state index in [0.717, 1.165) is 17.7 Å². The van der Waals surface area contributed by atoms with Crippen molar-refractivity contribution < 1.29 is 4.79 Å². The number of likely N-dealkylation sites (N-methyl/N-ethyl adjacent to an activating group) is 1. The minimum Gasteiger partial charge on any atom is -0.337 e. The molecule has 0 saturated carbocycles. The van der Waals surface area contributed by atoms with Gasteiger partial charge in [0.15, 0.2) is 0 Å². The third kappa shape index (κ3) is 3.40. The third-order valence-corrected chi connectivity index (χ3v) is 4.25. The van der Waals surface area contributed by atoms with Gasteiger partial charge in [-0.15, -0.1) is 0 Å². The van der Waals surface area contributed by atoms with Crippen LogP contribution < -0.4 is 0 Å². The Hall–Kier alpha value is -1.35. The average molecular weight is 274 g/mol. The van der Waals surface area contributed by atoms with Gasteiger partial charge in [-0.25, -0.2) is 0 Å². The number of amides is 1. The maximum absolute atomic E-state index is 12.6. The van der Waals surface area contributed by atoms with Gasteiger partial charge in [-0.05, 0) is 44.5 Å². The smallest absolute Gasteiger partial charge is 0.253 e. The summed E-state index contributed by atoms with van der Waals surface area (Å²) < 4.78 is 0. The van der Waals surface area contributed by atoms with Gasteiger partial charge in [-0.1, -0.05) is 31.5 Å². The van der Waals surface area contributed by atoms with Gasteiger partial charge < -0.3 is 9.80 Å². The number of benzene rings is 1. The first-order valence-corrected chi connectivity index (χ1v) is 7.55. The van der Waals surface area contributed by atoms with Crippen molar-refractivity contribution in [1.82, 2.24) is 9.80 Å². The first-order chi connectivity index (χ1) is 9.49. The summed E-state index contributed by atoms with van der Waals surface area (Å²) in [5, 5.41) is 0. The number of hydrogen-bond donors (Lipinski definition) is 0. The second-order valence-corrected chi connectivity index (χ2v) is 6.25. The predicted octanol–water partition coefficient (Wildman–Crippen LogP) is 2.80. The summed E-state index contributed by atoms with van der Waals surface area (Å²) in [6.45, 7) is 9.77. The Morgan fingerprint density at radius 3 is 2.55 bits per heavy atom. The maximum Gasteiger partial charge on any atom is 0.253 e. The number of likely N-dealkylation sites (tertiary alicyclic amines) is 1. The molecule has 2 rings (SSSR count). The van der Waals surface area contributed by atoms with E-state index in [4.69, 9.17) is 0 Å². The molecule has 0 N–H and O–H groups in total. The third-order valence-electron chi connectivity index (χ3n) is 4.25. The zero-order chi connectivity index (χ0) is 14.7. The summed E-state index contributed by atoms with van der Waals surface area (Å²) in [6.07, 6.45) is 1.29. The van der Waals surface area contributed by atoms with Crippen molar-refractivity contribution in [2.45, 2.75) is 33.2 Å². The Morgan fingerprint density at radius 1 is 1.35 bits per heavy atom. The molecule has 3 heteroatoms. The highest BCUT2D eigenvalue weighted by Gasteiger charge is 2.27. The second kappa shape index (κ2) is 6.40. The Balaban J connectivity index is 2.09. The van der Waals surface area contributed by atoms with Crippen molar-refractivity contribution in [2.75, 3.05) is 26.7 Å². The number of carbonyl (C=O) groups is 1. The fraction of sp³-hybridized carbons (Fsp3) is 0.588. The van der Waals surface area contributed by atoms with Gasteiger partial charge >= 0.3 is 0 Å². The summed E-state index contributed by atoms with van der Waals surface area (Å²) in [5.74, 6) is 0.599. The van der Waals surface area contributed by atoms with E-state index in [1.54, 1.807) is 0 Å². The van der Waals surface area contributed by atoms with E-state index in [-0.39, 0.29) is 11.9 Å². The molecule has 1 aliphatic heterocycles. The van der Waals surface area contributed by atoms with Crippen LogP contribution in [0.25, 0.3) is 0 Å². The lowest BCUT2D eigenvalue weighted by Gasteiger charge is -2.39. The zero-order valence-corrected chi connectivity index (χ0v) is 13.1. The summed E-state index contributed by atoms with van der Waals surface area (Å²) in [6, 6.07) is 8.14. The Bertz CT molecular complexity index is 466. The van der Waals surface area contributed by atoms with Gasteiger partial charge in [0.25, 0.3) is 5.91 Å². The molecule has 0 radical (unpaired) electrons. The Morgan fingerprint density at radius 2 is 2.05 bits per heavy atom. The molecule has 3 nitrogen and oxygen atoms in total. The monoisotopic (exact) mass is 274 g/mol. The standard InChI is InChI=1S/C17H26N2O/c1-13(2)16(12-19-9-6-10-19)18(4)17(20)15-8-5-7-14(3)11-15/h5,7-8,11,13,16H,6,9-10,12H2,1-4H3/t16-/m1/s1. The molecule has 1 aromatic carbocycles. The molecule has 1 aromatic rings. The minimum absolute atomic E-state index is 0.132. The predicted molar refractivity (Wildman–Crippen MR) is 83.0 cm³/mol. The van der Waals surface area contributed by atoms with Crippen molar-refractivity contribution in [3.05, 3.63) is 35.4 Å². The molecule has 0 aliphatic carbocycles. The first-order valence-electron chi connectivity index (χ1n) is 7.55. The van der Waals surface area contributed by atoms with E-state index >= 15 is 0 Å². The highest BCUT2D eigenvalue weighted by Crippen LogP contribution is 2.18. The number of hydrogen-bond acceptors (Lipinski definition) is 2. The largest absolute Gasteiger partial charge is 0.337 e. The van der Waals surface area contributed by atoms with Gasteiger partial charge in [0.1, 0.15) is 0 Å². The minimum atomic E-state index is 0.132. The molecule has 1 saturated heterocycles. The quantitative estimate of drug-likeness (QED) is 0.824. The number of rotatable bonds is 5. The van der Waals surface area contributed by atoms with Crippen LogP contribution in [0.3, 0.4) is 0 Å². The van der Waals surface area contributed by atoms with Crippen molar-refractivity contribution in [2.24, 2.45) is 5.92 Å². The molecular weight excluding hydrogens is 248 g/mol. The first kappa shape index (κ1) is 15.0. The molecule has 1 heterocycles. The molecule has 1 aliphatic rings. The fourth-order valence-corrected chi connectivity index (χ4v) is 2.74. The van der Waals surface area contributed by atoms with Crippen LogP contribution in [-0.4, -0.2) is 48.4 Å². The van der Waals surface area contributed by atoms with Crippen LogP contribution >= 0.6 is 0 Å². The van der Waals surface area contributed by atoms with Crippen LogP contribution in [0.4, 0.5) is 0 Å². The molecular formula is C17H26N2O. The lowest BCUT2D eigenvalue weighted by molar-refractivity contribution is 0.0564. The molecule has 0 spiro atoms. The van der Waals surface area contributed by atoms with Crippen LogP contribution in [-0.2, 0) is 0 Å². The van der Waals surface area contributed by atoms with Crippen molar-refractivity contribution in [1.29, 1.82) is 0 Å². The highest BCUT2D eigenvalue weighted by atomic mass is 16.2. The number of nitrogens with zero attached hydrogens (tertiary/aromatic N) is 2. The molecule has 1 amide bonds. The molecule has 0 bridgehead atoms. The van der Waals surface area contributed by atoms with Gasteiger partial charge in [0.05, 0.1) is 0 Å². The van der Waals surface area contributed by atoms with E-state index in [9.17, 15) is 4.79 Å². The fourth-order valence-electron chi connectivity index (χ4n) is 2.74. The zero-order valence-electron chi connectivity index (χ0n) is 13.1. The highest BCUT2D eigenvalue weighted by molar-refractivity contribution is 5.94. The summed E-state index contributed by atoms with van der Waals surface area (Å²) >= 11 is 0. The van der Waals surface area contributed by atoms with E-state index in [2.05, 4.69) is 18.7 Å². The maximum atomic E-state index is 12.6. The summed E-state index contributed by atoms with van der Waals surface area (Å²) in [7, 11) is 1.94. The van der Waals surface area contributed by atoms with Crippen LogP contribution in [0.5, 0.6) is 0 Å². The van der Waals surface area contributed by atoms with Crippen LogP contribution in [0.15, 0.2) is 24.3 Å². The molecule has 20 heavy (non-hydrogen) atoms. The Labute approximate surface area is 122 Å². The van der Waals surface area contributed by atoms with E-state index < -0.39 is 0 Å². The van der Waals surface area contributed by atoms with Gasteiger partial charge in [-0.2, -0.15) is 0 Å². The van der Waals surface area contributed by atoms with Crippen molar-refractivity contribution in [3.63, 3.8) is 0 Å². The van der Waals surface area contributed by atoms with Crippen LogP contribution in [0.1, 0.15) is 36.2 Å². The lowest BCUT2D eigenvalue weighted by Crippen LogP contribution is -2.51. The summed E-state index contributed by atoms with van der Waals surface area (Å²) in [4.78, 5) is 17.0. The van der Waals surface area contributed by atoms with E-state index in [1.165, 1.54) is 19.5 Å².